The summed E-state index contributed by atoms with van der Waals surface area (Å²) in [7, 11) is 1.57. The van der Waals surface area contributed by atoms with Gasteiger partial charge in [-0.2, -0.15) is 0 Å². The van der Waals surface area contributed by atoms with E-state index in [1.807, 2.05) is 0 Å². The molecule has 4 nitrogen and oxygen atoms in total. The summed E-state index contributed by atoms with van der Waals surface area (Å²) >= 11 is 1.33. The van der Waals surface area contributed by atoms with Crippen LogP contribution in [0.1, 0.15) is 11.7 Å². The number of likely N-dealkylation sites (N-methyl/N-ethyl adjacent to an activating group) is 1. The first-order valence-electron chi connectivity index (χ1n) is 5.23. The Morgan fingerprint density at radius 3 is 2.67 bits per heavy atom. The largest absolute Gasteiger partial charge is 0.480 e. The molecule has 1 heterocycles. The number of nitrogens with one attached hydrogen (secondary N) is 1. The first-order valence-corrected chi connectivity index (χ1v) is 6.11. The van der Waals surface area contributed by atoms with Crippen molar-refractivity contribution in [2.75, 3.05) is 7.05 Å². The molecule has 1 aromatic heterocycles. The predicted octanol–water partition coefficient (Wildman–Crippen LogP) is 2.29. The lowest BCUT2D eigenvalue weighted by Crippen LogP contribution is -2.25. The Hall–Kier alpha value is -1.79. The molecule has 0 fully saturated rings. The van der Waals surface area contributed by atoms with Gasteiger partial charge in [0.15, 0.2) is 0 Å². The number of carboxylic acids is 1. The Morgan fingerprint density at radius 1 is 1.44 bits per heavy atom. The van der Waals surface area contributed by atoms with Gasteiger partial charge in [0.1, 0.15) is 16.9 Å². The van der Waals surface area contributed by atoms with Gasteiger partial charge in [-0.3, -0.25) is 4.79 Å². The van der Waals surface area contributed by atoms with Crippen LogP contribution in [0.3, 0.4) is 0 Å². The number of carbonyl (C=O) groups is 1. The van der Waals surface area contributed by atoms with E-state index in [9.17, 15) is 9.18 Å². The van der Waals surface area contributed by atoms with E-state index < -0.39 is 12.0 Å². The minimum Gasteiger partial charge on any atom is -0.480 e. The number of hydrogen-bond donors (Lipinski definition) is 2. The topological polar surface area (TPSA) is 62.2 Å². The van der Waals surface area contributed by atoms with E-state index in [4.69, 9.17) is 5.11 Å². The molecule has 1 aromatic carbocycles. The number of nitrogens with zero attached hydrogens (tertiary/aromatic N) is 1. The molecule has 0 aliphatic rings. The van der Waals surface area contributed by atoms with Crippen LogP contribution in [0.5, 0.6) is 0 Å². The maximum atomic E-state index is 12.8. The summed E-state index contributed by atoms with van der Waals surface area (Å²) in [6.45, 7) is 0. The van der Waals surface area contributed by atoms with Crippen LogP contribution in [0, 0.1) is 5.82 Å². The first-order chi connectivity index (χ1) is 8.61. The predicted molar refractivity (Wildman–Crippen MR) is 66.9 cm³/mol. The zero-order valence-corrected chi connectivity index (χ0v) is 10.4. The van der Waals surface area contributed by atoms with E-state index in [-0.39, 0.29) is 5.82 Å². The molecule has 0 saturated heterocycles. The number of halogens is 1. The Labute approximate surface area is 107 Å². The average molecular weight is 266 g/mol. The first kappa shape index (κ1) is 12.7. The smallest absolute Gasteiger partial charge is 0.327 e. The number of carboxylic acid groups (broad SMARTS) is 1. The minimum atomic E-state index is -0.978. The number of aliphatic carboxylic acids is 1. The van der Waals surface area contributed by atoms with E-state index in [2.05, 4.69) is 10.3 Å². The molecule has 2 N–H and O–H groups in total. The van der Waals surface area contributed by atoms with Crippen molar-refractivity contribution in [3.05, 3.63) is 41.2 Å². The molecule has 1 atom stereocenters. The second-order valence-corrected chi connectivity index (χ2v) is 4.50. The van der Waals surface area contributed by atoms with Crippen molar-refractivity contribution in [1.82, 2.24) is 10.3 Å². The molecule has 1 unspecified atom stereocenters. The summed E-state index contributed by atoms with van der Waals surface area (Å²) in [4.78, 5) is 15.2. The average Bonchev–Trinajstić information content (AvgIpc) is 2.80. The van der Waals surface area contributed by atoms with Crippen molar-refractivity contribution >= 4 is 17.3 Å². The summed E-state index contributed by atoms with van der Waals surface area (Å²) in [5.74, 6) is -1.29. The van der Waals surface area contributed by atoms with Gasteiger partial charge in [-0.15, -0.1) is 11.3 Å². The summed E-state index contributed by atoms with van der Waals surface area (Å²) in [5.41, 5.74) is 1.22. The fourth-order valence-electron chi connectivity index (χ4n) is 1.54. The Balaban J connectivity index is 2.30. The number of aromatic nitrogens is 1. The quantitative estimate of drug-likeness (QED) is 0.891. The minimum absolute atomic E-state index is 0.311. The Bertz CT molecular complexity index is 553. The van der Waals surface area contributed by atoms with Crippen molar-refractivity contribution < 1.29 is 14.3 Å². The van der Waals surface area contributed by atoms with Gasteiger partial charge in [0.2, 0.25) is 0 Å². The highest BCUT2D eigenvalue weighted by atomic mass is 32.1. The fourth-order valence-corrected chi connectivity index (χ4v) is 2.39. The summed E-state index contributed by atoms with van der Waals surface area (Å²) < 4.78 is 12.8. The Morgan fingerprint density at radius 2 is 2.11 bits per heavy atom. The van der Waals surface area contributed by atoms with Crippen LogP contribution in [-0.2, 0) is 4.79 Å². The lowest BCUT2D eigenvalue weighted by molar-refractivity contribution is -0.139. The molecule has 0 bridgehead atoms. The lowest BCUT2D eigenvalue weighted by atomic mass is 10.2. The van der Waals surface area contributed by atoms with Crippen molar-refractivity contribution in [1.29, 1.82) is 0 Å². The van der Waals surface area contributed by atoms with E-state index in [1.165, 1.54) is 23.5 Å². The highest BCUT2D eigenvalue weighted by Gasteiger charge is 2.20. The summed E-state index contributed by atoms with van der Waals surface area (Å²) in [6.07, 6.45) is 0. The lowest BCUT2D eigenvalue weighted by Gasteiger charge is -2.06. The third-order valence-corrected chi connectivity index (χ3v) is 3.35. The van der Waals surface area contributed by atoms with Crippen LogP contribution >= 0.6 is 11.3 Å². The number of hydrogen-bond acceptors (Lipinski definition) is 4. The van der Waals surface area contributed by atoms with Crippen LogP contribution < -0.4 is 5.32 Å². The number of thiazole rings is 1. The molecule has 0 spiro atoms. The molecular weight excluding hydrogens is 255 g/mol. The van der Waals surface area contributed by atoms with Gasteiger partial charge in [0.25, 0.3) is 0 Å². The van der Waals surface area contributed by atoms with Crippen molar-refractivity contribution in [3.8, 4) is 10.6 Å². The van der Waals surface area contributed by atoms with Gasteiger partial charge in [0, 0.05) is 10.9 Å². The normalized spacial score (nSPS) is 12.3. The molecule has 2 rings (SSSR count). The van der Waals surface area contributed by atoms with Gasteiger partial charge in [-0.25, -0.2) is 9.37 Å². The van der Waals surface area contributed by atoms with Crippen LogP contribution in [0.2, 0.25) is 0 Å². The van der Waals surface area contributed by atoms with Gasteiger partial charge in [-0.05, 0) is 31.3 Å². The van der Waals surface area contributed by atoms with Gasteiger partial charge < -0.3 is 10.4 Å². The van der Waals surface area contributed by atoms with E-state index in [0.717, 1.165) is 5.56 Å². The van der Waals surface area contributed by atoms with Gasteiger partial charge in [0.05, 0.1) is 5.69 Å². The second-order valence-electron chi connectivity index (χ2n) is 3.64. The SMILES string of the molecule is CNC(C(=O)O)c1csc(-c2ccc(F)cc2)n1. The zero-order valence-electron chi connectivity index (χ0n) is 9.55. The van der Waals surface area contributed by atoms with Crippen molar-refractivity contribution in [2.24, 2.45) is 0 Å². The maximum absolute atomic E-state index is 12.8. The standard InChI is InChI=1S/C12H11FN2O2S/c1-14-10(12(16)17)9-6-18-11(15-9)7-2-4-8(13)5-3-7/h2-6,10,14H,1H3,(H,16,17). The monoisotopic (exact) mass is 266 g/mol. The summed E-state index contributed by atoms with van der Waals surface area (Å²) in [5, 5.41) is 14.0. The molecule has 6 heteroatoms. The van der Waals surface area contributed by atoms with Crippen LogP contribution in [0.15, 0.2) is 29.6 Å². The molecule has 0 aliphatic heterocycles. The Kier molecular flexibility index (Phi) is 3.69. The van der Waals surface area contributed by atoms with Crippen LogP contribution in [0.4, 0.5) is 4.39 Å². The van der Waals surface area contributed by atoms with Crippen LogP contribution in [0.25, 0.3) is 10.6 Å². The molecule has 18 heavy (non-hydrogen) atoms. The zero-order chi connectivity index (χ0) is 13.1. The molecular formula is C12H11FN2O2S. The second kappa shape index (κ2) is 5.24. The number of rotatable bonds is 4. The molecule has 94 valence electrons. The maximum Gasteiger partial charge on any atom is 0.327 e. The third kappa shape index (κ3) is 2.55. The van der Waals surface area contributed by atoms with Crippen LogP contribution in [-0.4, -0.2) is 23.1 Å². The summed E-state index contributed by atoms with van der Waals surface area (Å²) in [6, 6.07) is 5.11. The van der Waals surface area contributed by atoms with E-state index in [0.29, 0.717) is 10.7 Å². The molecule has 0 amide bonds. The molecule has 0 aliphatic carbocycles. The number of benzene rings is 1. The molecule has 0 radical (unpaired) electrons. The van der Waals surface area contributed by atoms with Crippen molar-refractivity contribution in [3.63, 3.8) is 0 Å². The van der Waals surface area contributed by atoms with E-state index >= 15 is 0 Å². The highest BCUT2D eigenvalue weighted by Crippen LogP contribution is 2.26. The highest BCUT2D eigenvalue weighted by molar-refractivity contribution is 7.13. The fraction of sp³-hybridized carbons (Fsp3) is 0.167. The van der Waals surface area contributed by atoms with E-state index in [1.54, 1.807) is 24.6 Å². The molecule has 0 saturated carbocycles. The van der Waals surface area contributed by atoms with Crippen molar-refractivity contribution in [2.45, 2.75) is 6.04 Å². The van der Waals surface area contributed by atoms with Gasteiger partial charge >= 0.3 is 5.97 Å². The molecule has 2 aromatic rings. The van der Waals surface area contributed by atoms with Gasteiger partial charge in [-0.1, -0.05) is 0 Å². The third-order valence-electron chi connectivity index (χ3n) is 2.44.